The molecule has 160 valence electrons. The molecule has 0 spiro atoms. The number of carbonyl (C=O) groups is 2. The Labute approximate surface area is 167 Å². The molecule has 7 nitrogen and oxygen atoms in total. The highest BCUT2D eigenvalue weighted by molar-refractivity contribution is 6.03. The van der Waals surface area contributed by atoms with Gasteiger partial charge in [-0.3, -0.25) is 9.59 Å². The molecule has 0 aliphatic carbocycles. The Morgan fingerprint density at radius 2 is 1.93 bits per heavy atom. The van der Waals surface area contributed by atoms with Crippen LogP contribution in [0.4, 0.5) is 0 Å². The molecule has 7 heteroatoms. The molecule has 2 heterocycles. The summed E-state index contributed by atoms with van der Waals surface area (Å²) in [6.45, 7) is 8.53. The van der Waals surface area contributed by atoms with E-state index in [2.05, 4.69) is 0 Å². The first-order valence-corrected chi connectivity index (χ1v) is 9.95. The molecular weight excluding hydrogens is 364 g/mol. The number of ether oxygens (including phenoxy) is 3. The lowest BCUT2D eigenvalue weighted by Crippen LogP contribution is -2.48. The monoisotopic (exact) mass is 398 g/mol. The summed E-state index contributed by atoms with van der Waals surface area (Å²) in [7, 11) is 1.49. The second-order valence-corrected chi connectivity index (χ2v) is 8.76. The van der Waals surface area contributed by atoms with Crippen LogP contribution in [0.1, 0.15) is 60.3 Å². The molecule has 0 aromatic carbocycles. The predicted octanol–water partition coefficient (Wildman–Crippen LogP) is 2.13. The van der Waals surface area contributed by atoms with Gasteiger partial charge in [0.25, 0.3) is 0 Å². The van der Waals surface area contributed by atoms with Crippen molar-refractivity contribution in [2.45, 2.75) is 83.4 Å². The van der Waals surface area contributed by atoms with Crippen molar-refractivity contribution in [3.8, 4) is 0 Å². The minimum absolute atomic E-state index is 0.0328. The molecule has 2 N–H and O–H groups in total. The Morgan fingerprint density at radius 1 is 1.29 bits per heavy atom. The summed E-state index contributed by atoms with van der Waals surface area (Å²) in [5.41, 5.74) is -2.23. The zero-order chi connectivity index (χ0) is 21.3. The van der Waals surface area contributed by atoms with E-state index in [-0.39, 0.29) is 18.9 Å². The number of fused-ring (bicyclic) bond motifs is 2. The third kappa shape index (κ3) is 4.64. The summed E-state index contributed by atoms with van der Waals surface area (Å²) in [6.07, 6.45) is 2.42. The van der Waals surface area contributed by atoms with Gasteiger partial charge in [-0.2, -0.15) is 0 Å². The van der Waals surface area contributed by atoms with E-state index in [1.807, 2.05) is 13.8 Å². The van der Waals surface area contributed by atoms with Crippen LogP contribution in [-0.4, -0.2) is 58.8 Å². The third-order valence-electron chi connectivity index (χ3n) is 5.86. The number of hydrogen-bond acceptors (Lipinski definition) is 7. The first kappa shape index (κ1) is 23.0. The topological polar surface area (TPSA) is 102 Å². The van der Waals surface area contributed by atoms with Gasteiger partial charge in [-0.05, 0) is 39.5 Å². The number of cyclic esters (lactones) is 1. The maximum atomic E-state index is 12.9. The fourth-order valence-electron chi connectivity index (χ4n) is 4.47. The molecular formula is C21H34O7. The number of ketones is 1. The highest BCUT2D eigenvalue weighted by Crippen LogP contribution is 2.41. The molecule has 0 radical (unpaired) electrons. The van der Waals surface area contributed by atoms with Crippen molar-refractivity contribution in [1.29, 1.82) is 0 Å². The van der Waals surface area contributed by atoms with E-state index in [1.54, 1.807) is 19.9 Å². The van der Waals surface area contributed by atoms with Gasteiger partial charge in [0.15, 0.2) is 17.2 Å². The lowest BCUT2D eigenvalue weighted by atomic mass is 9.83. The Hall–Kier alpha value is -1.28. The Morgan fingerprint density at radius 3 is 2.50 bits per heavy atom. The van der Waals surface area contributed by atoms with E-state index in [1.165, 1.54) is 14.0 Å². The number of esters is 1. The second kappa shape index (κ2) is 8.22. The molecule has 1 saturated heterocycles. The fraction of sp³-hybridized carbons (Fsp3) is 0.810. The fourth-order valence-corrected chi connectivity index (χ4v) is 4.47. The highest BCUT2D eigenvalue weighted by Gasteiger charge is 2.55. The lowest BCUT2D eigenvalue weighted by Gasteiger charge is -2.33. The average molecular weight is 398 g/mol. The van der Waals surface area contributed by atoms with Crippen LogP contribution in [-0.2, 0) is 23.8 Å². The van der Waals surface area contributed by atoms with Gasteiger partial charge in [0.2, 0.25) is 0 Å². The first-order chi connectivity index (χ1) is 12.9. The third-order valence-corrected chi connectivity index (χ3v) is 5.86. The first-order valence-electron chi connectivity index (χ1n) is 9.95. The van der Waals surface area contributed by atoms with Crippen molar-refractivity contribution in [2.24, 2.45) is 11.8 Å². The summed E-state index contributed by atoms with van der Waals surface area (Å²) in [5.74, 6) is -3.57. The maximum absolute atomic E-state index is 12.9. The summed E-state index contributed by atoms with van der Waals surface area (Å²) in [6, 6.07) is 0. The van der Waals surface area contributed by atoms with Crippen LogP contribution in [0.3, 0.4) is 0 Å². The van der Waals surface area contributed by atoms with E-state index < -0.39 is 40.8 Å². The molecule has 28 heavy (non-hydrogen) atoms. The lowest BCUT2D eigenvalue weighted by molar-refractivity contribution is -0.203. The van der Waals surface area contributed by atoms with E-state index in [0.717, 1.165) is 5.57 Å². The van der Waals surface area contributed by atoms with Crippen molar-refractivity contribution >= 4 is 11.8 Å². The summed E-state index contributed by atoms with van der Waals surface area (Å²) >= 11 is 0. The summed E-state index contributed by atoms with van der Waals surface area (Å²) in [5, 5.41) is 21.8. The number of allylic oxidation sites excluding steroid dienone is 1. The van der Waals surface area contributed by atoms with Gasteiger partial charge < -0.3 is 24.4 Å². The Bertz CT molecular complexity index is 641. The largest absolute Gasteiger partial charge is 0.458 e. The van der Waals surface area contributed by atoms with Gasteiger partial charge in [-0.25, -0.2) is 0 Å². The molecule has 0 unspecified atom stereocenters. The van der Waals surface area contributed by atoms with Gasteiger partial charge in [0, 0.05) is 20.0 Å². The molecule has 0 aromatic heterocycles. The van der Waals surface area contributed by atoms with Crippen LogP contribution in [0, 0.1) is 11.8 Å². The van der Waals surface area contributed by atoms with Crippen molar-refractivity contribution in [1.82, 2.24) is 0 Å². The van der Waals surface area contributed by atoms with E-state index in [4.69, 9.17) is 14.2 Å². The van der Waals surface area contributed by atoms with Gasteiger partial charge in [0.05, 0.1) is 6.61 Å². The quantitative estimate of drug-likeness (QED) is 0.417. The average Bonchev–Trinajstić information content (AvgIpc) is 2.94. The van der Waals surface area contributed by atoms with Gasteiger partial charge in [-0.1, -0.05) is 25.5 Å². The summed E-state index contributed by atoms with van der Waals surface area (Å²) in [4.78, 5) is 25.5. The van der Waals surface area contributed by atoms with Crippen molar-refractivity contribution in [2.75, 3.05) is 13.7 Å². The minimum atomic E-state index is -1.81. The molecule has 2 rings (SSSR count). The maximum Gasteiger partial charge on any atom is 0.316 e. The summed E-state index contributed by atoms with van der Waals surface area (Å²) < 4.78 is 16.8. The van der Waals surface area contributed by atoms with Gasteiger partial charge in [0.1, 0.15) is 17.6 Å². The molecule has 1 fully saturated rings. The molecule has 6 atom stereocenters. The van der Waals surface area contributed by atoms with E-state index in [0.29, 0.717) is 19.3 Å². The molecule has 2 aliphatic rings. The number of methoxy groups -OCH3 is 1. The van der Waals surface area contributed by atoms with E-state index in [9.17, 15) is 19.8 Å². The normalized spacial score (nSPS) is 43.3. The SMILES string of the molecule is CC[C@@H]1OC(=O)[C@@H](C)C(=O)[C@]2(O)CO[C@](OC)(C[C@H](C)CC(C)=C[C@@]1(C)O)C2. The standard InChI is InChI=1S/C21H34O7/c1-7-16-19(5,24)9-13(2)8-14(3)10-21(26-6)11-20(25,12-27-21)17(22)15(4)18(23)28-16/h9,14-16,24-25H,7-8,10-12H2,1-6H3/t14-,15+,16+,19-,20-,21-/m1/s1. The number of aliphatic hydroxyl groups is 2. The van der Waals surface area contributed by atoms with Crippen LogP contribution in [0.5, 0.6) is 0 Å². The van der Waals surface area contributed by atoms with Crippen LogP contribution >= 0.6 is 0 Å². The molecule has 2 aliphatic heterocycles. The molecule has 0 aromatic rings. The van der Waals surface area contributed by atoms with Crippen molar-refractivity contribution < 1.29 is 34.0 Å². The molecule has 0 saturated carbocycles. The van der Waals surface area contributed by atoms with Crippen LogP contribution < -0.4 is 0 Å². The van der Waals surface area contributed by atoms with Crippen molar-refractivity contribution in [3.63, 3.8) is 0 Å². The number of rotatable bonds is 2. The predicted molar refractivity (Wildman–Crippen MR) is 102 cm³/mol. The smallest absolute Gasteiger partial charge is 0.316 e. The molecule has 2 bridgehead atoms. The van der Waals surface area contributed by atoms with Gasteiger partial charge >= 0.3 is 5.97 Å². The van der Waals surface area contributed by atoms with E-state index >= 15 is 0 Å². The van der Waals surface area contributed by atoms with Gasteiger partial charge in [-0.15, -0.1) is 0 Å². The zero-order valence-corrected chi connectivity index (χ0v) is 17.8. The second-order valence-electron chi connectivity index (χ2n) is 8.76. The van der Waals surface area contributed by atoms with Crippen LogP contribution in [0.2, 0.25) is 0 Å². The van der Waals surface area contributed by atoms with Crippen molar-refractivity contribution in [3.05, 3.63) is 11.6 Å². The van der Waals surface area contributed by atoms with Crippen LogP contribution in [0.15, 0.2) is 11.6 Å². The molecule has 0 amide bonds. The minimum Gasteiger partial charge on any atom is -0.458 e. The Kier molecular flexibility index (Phi) is 6.76. The number of hydrogen-bond donors (Lipinski definition) is 2. The highest BCUT2D eigenvalue weighted by atomic mass is 16.7. The Balaban J connectivity index is 2.45. The zero-order valence-electron chi connectivity index (χ0n) is 17.8. The number of carbonyl (C=O) groups excluding carboxylic acids is 2. The number of Topliss-reactive ketones (excluding diaryl/α,β-unsaturated/α-hetero) is 1. The van der Waals surface area contributed by atoms with Crippen LogP contribution in [0.25, 0.3) is 0 Å².